The second kappa shape index (κ2) is 11.3. The van der Waals surface area contributed by atoms with Gasteiger partial charge < -0.3 is 10.1 Å². The Bertz CT molecular complexity index is 670. The van der Waals surface area contributed by atoms with Gasteiger partial charge in [0.2, 0.25) is 10.0 Å². The van der Waals surface area contributed by atoms with Crippen LogP contribution < -0.4 is 5.32 Å². The molecule has 1 rings (SSSR count). The highest BCUT2D eigenvalue weighted by Gasteiger charge is 2.23. The van der Waals surface area contributed by atoms with Gasteiger partial charge in [0.25, 0.3) is 5.91 Å². The van der Waals surface area contributed by atoms with Crippen molar-refractivity contribution >= 4 is 15.9 Å². The number of nitrogens with zero attached hydrogens (tertiary/aromatic N) is 1. The molecule has 0 unspecified atom stereocenters. The molecular formula is C19H32N2O4S. The molecule has 1 aromatic carbocycles. The maximum Gasteiger partial charge on any atom is 0.251 e. The average Bonchev–Trinajstić information content (AvgIpc) is 2.61. The summed E-state index contributed by atoms with van der Waals surface area (Å²) in [7, 11) is -3.58. The molecule has 1 amide bonds. The van der Waals surface area contributed by atoms with Crippen LogP contribution in [0.25, 0.3) is 0 Å². The lowest BCUT2D eigenvalue weighted by Gasteiger charge is -2.19. The van der Waals surface area contributed by atoms with Gasteiger partial charge in [0.05, 0.1) is 4.90 Å². The van der Waals surface area contributed by atoms with Gasteiger partial charge in [-0.25, -0.2) is 8.42 Å². The molecule has 1 N–H and O–H groups in total. The third-order valence-electron chi connectivity index (χ3n) is 4.19. The number of unbranched alkanes of at least 4 members (excludes halogenated alkanes) is 1. The lowest BCUT2D eigenvalue weighted by molar-refractivity contribution is 0.0939. The van der Waals surface area contributed by atoms with Crippen molar-refractivity contribution in [3.05, 3.63) is 29.3 Å². The van der Waals surface area contributed by atoms with E-state index in [1.54, 1.807) is 32.9 Å². The lowest BCUT2D eigenvalue weighted by Crippen LogP contribution is -2.31. The van der Waals surface area contributed by atoms with Crippen molar-refractivity contribution in [3.63, 3.8) is 0 Å². The van der Waals surface area contributed by atoms with Crippen molar-refractivity contribution in [1.29, 1.82) is 0 Å². The summed E-state index contributed by atoms with van der Waals surface area (Å²) in [6.07, 6.45) is 2.87. The van der Waals surface area contributed by atoms with E-state index in [2.05, 4.69) is 12.2 Å². The zero-order valence-corrected chi connectivity index (χ0v) is 17.2. The lowest BCUT2D eigenvalue weighted by atomic mass is 10.1. The largest absolute Gasteiger partial charge is 0.381 e. The first-order valence-electron chi connectivity index (χ1n) is 9.35. The Morgan fingerprint density at radius 3 is 2.38 bits per heavy atom. The van der Waals surface area contributed by atoms with Crippen molar-refractivity contribution in [3.8, 4) is 0 Å². The number of hydrogen-bond donors (Lipinski definition) is 1. The van der Waals surface area contributed by atoms with Gasteiger partial charge in [-0.3, -0.25) is 4.79 Å². The van der Waals surface area contributed by atoms with E-state index in [9.17, 15) is 13.2 Å². The molecule has 148 valence electrons. The monoisotopic (exact) mass is 384 g/mol. The minimum Gasteiger partial charge on any atom is -0.381 e. The van der Waals surface area contributed by atoms with E-state index in [4.69, 9.17) is 4.74 Å². The molecule has 0 aliphatic heterocycles. The summed E-state index contributed by atoms with van der Waals surface area (Å²) in [4.78, 5) is 12.6. The number of nitrogens with one attached hydrogen (secondary N) is 1. The van der Waals surface area contributed by atoms with Gasteiger partial charge in [-0.1, -0.05) is 33.3 Å². The van der Waals surface area contributed by atoms with E-state index >= 15 is 0 Å². The number of aryl methyl sites for hydroxylation is 1. The molecule has 0 aromatic heterocycles. The Balaban J connectivity index is 2.73. The number of benzene rings is 1. The number of sulfonamides is 1. The standard InChI is InChI=1S/C19H32N2O4S/c1-5-8-13-25-14-9-12-20-19(22)18-15-17(11-10-16(18)4)26(23,24)21(6-2)7-3/h10-11,15H,5-9,12-14H2,1-4H3,(H,20,22). The van der Waals surface area contributed by atoms with Crippen LogP contribution in [-0.4, -0.2) is 51.5 Å². The Hall–Kier alpha value is -1.44. The Labute approximate surface area is 158 Å². The molecule has 0 spiro atoms. The maximum absolute atomic E-state index is 12.6. The van der Waals surface area contributed by atoms with Crippen LogP contribution >= 0.6 is 0 Å². The quantitative estimate of drug-likeness (QED) is 0.562. The summed E-state index contributed by atoms with van der Waals surface area (Å²) >= 11 is 0. The molecule has 0 atom stereocenters. The van der Waals surface area contributed by atoms with E-state index < -0.39 is 10.0 Å². The van der Waals surface area contributed by atoms with Gasteiger partial charge in [-0.15, -0.1) is 0 Å². The molecule has 26 heavy (non-hydrogen) atoms. The van der Waals surface area contributed by atoms with Crippen LogP contribution in [0.1, 0.15) is 56.0 Å². The molecule has 0 saturated carbocycles. The van der Waals surface area contributed by atoms with E-state index in [0.29, 0.717) is 31.8 Å². The fraction of sp³-hybridized carbons (Fsp3) is 0.632. The van der Waals surface area contributed by atoms with Gasteiger partial charge in [0.1, 0.15) is 0 Å². The molecule has 0 bridgehead atoms. The predicted octanol–water partition coefficient (Wildman–Crippen LogP) is 2.96. The summed E-state index contributed by atoms with van der Waals surface area (Å²) < 4.78 is 32.1. The third kappa shape index (κ3) is 6.37. The second-order valence-electron chi connectivity index (χ2n) is 6.14. The van der Waals surface area contributed by atoms with Crippen molar-refractivity contribution in [2.75, 3.05) is 32.8 Å². The molecule has 0 saturated heterocycles. The number of hydrogen-bond acceptors (Lipinski definition) is 4. The molecule has 7 heteroatoms. The molecule has 0 aliphatic carbocycles. The van der Waals surface area contributed by atoms with Gasteiger partial charge >= 0.3 is 0 Å². The molecule has 0 heterocycles. The van der Waals surface area contributed by atoms with Crippen LogP contribution in [0.4, 0.5) is 0 Å². The Kier molecular flexibility index (Phi) is 9.83. The van der Waals surface area contributed by atoms with Crippen molar-refractivity contribution in [1.82, 2.24) is 9.62 Å². The van der Waals surface area contributed by atoms with Crippen LogP contribution in [0.2, 0.25) is 0 Å². The summed E-state index contributed by atoms with van der Waals surface area (Å²) in [5.74, 6) is -0.257. The summed E-state index contributed by atoms with van der Waals surface area (Å²) in [5, 5.41) is 2.84. The summed E-state index contributed by atoms with van der Waals surface area (Å²) in [6, 6.07) is 4.70. The first-order chi connectivity index (χ1) is 12.4. The smallest absolute Gasteiger partial charge is 0.251 e. The Morgan fingerprint density at radius 2 is 1.77 bits per heavy atom. The zero-order valence-electron chi connectivity index (χ0n) is 16.4. The van der Waals surface area contributed by atoms with Crippen LogP contribution in [0.15, 0.2) is 23.1 Å². The molecule has 0 aliphatic rings. The molecular weight excluding hydrogens is 352 g/mol. The normalized spacial score (nSPS) is 11.7. The fourth-order valence-electron chi connectivity index (χ4n) is 2.54. The second-order valence-corrected chi connectivity index (χ2v) is 8.08. The van der Waals surface area contributed by atoms with Crippen molar-refractivity contribution < 1.29 is 17.9 Å². The van der Waals surface area contributed by atoms with E-state index in [-0.39, 0.29) is 10.8 Å². The topological polar surface area (TPSA) is 75.7 Å². The Morgan fingerprint density at radius 1 is 1.12 bits per heavy atom. The number of rotatable bonds is 12. The van der Waals surface area contributed by atoms with E-state index in [1.165, 1.54) is 10.4 Å². The van der Waals surface area contributed by atoms with Gasteiger partial charge in [-0.05, 0) is 37.5 Å². The van der Waals surface area contributed by atoms with Gasteiger partial charge in [-0.2, -0.15) is 4.31 Å². The maximum atomic E-state index is 12.6. The zero-order chi connectivity index (χ0) is 19.6. The van der Waals surface area contributed by atoms with Crippen LogP contribution in [0.5, 0.6) is 0 Å². The summed E-state index contributed by atoms with van der Waals surface area (Å²) in [6.45, 7) is 10.1. The molecule has 0 fully saturated rings. The van der Waals surface area contributed by atoms with E-state index in [1.807, 2.05) is 0 Å². The highest BCUT2D eigenvalue weighted by Crippen LogP contribution is 2.19. The summed E-state index contributed by atoms with van der Waals surface area (Å²) in [5.41, 5.74) is 1.14. The third-order valence-corrected chi connectivity index (χ3v) is 6.24. The van der Waals surface area contributed by atoms with Crippen LogP contribution in [-0.2, 0) is 14.8 Å². The SMILES string of the molecule is CCCCOCCCNC(=O)c1cc(S(=O)(=O)N(CC)CC)ccc1C. The van der Waals surface area contributed by atoms with Gasteiger partial charge in [0, 0.05) is 38.4 Å². The van der Waals surface area contributed by atoms with Crippen LogP contribution in [0.3, 0.4) is 0 Å². The molecule has 0 radical (unpaired) electrons. The fourth-order valence-corrected chi connectivity index (χ4v) is 4.02. The first kappa shape index (κ1) is 22.6. The number of carbonyl (C=O) groups excluding carboxylic acids is 1. The highest BCUT2D eigenvalue weighted by molar-refractivity contribution is 7.89. The van der Waals surface area contributed by atoms with Crippen LogP contribution in [0, 0.1) is 6.92 Å². The minimum atomic E-state index is -3.58. The molecule has 1 aromatic rings. The van der Waals surface area contributed by atoms with E-state index in [0.717, 1.165) is 31.4 Å². The highest BCUT2D eigenvalue weighted by atomic mass is 32.2. The predicted molar refractivity (Wildman–Crippen MR) is 104 cm³/mol. The number of carbonyl (C=O) groups is 1. The first-order valence-corrected chi connectivity index (χ1v) is 10.8. The molecule has 6 nitrogen and oxygen atoms in total. The minimum absolute atomic E-state index is 0.153. The average molecular weight is 385 g/mol. The van der Waals surface area contributed by atoms with Crippen molar-refractivity contribution in [2.24, 2.45) is 0 Å². The number of amides is 1. The van der Waals surface area contributed by atoms with Gasteiger partial charge in [0.15, 0.2) is 0 Å². The van der Waals surface area contributed by atoms with Crippen molar-refractivity contribution in [2.45, 2.75) is 51.9 Å². The number of ether oxygens (including phenoxy) is 1.